The Bertz CT molecular complexity index is 547. The Labute approximate surface area is 135 Å². The number of alkyl halides is 2. The Kier molecular flexibility index (Phi) is 3.75. The highest BCUT2D eigenvalue weighted by atomic mass is 79.9. The maximum Gasteiger partial charge on any atom is 0.237 e. The zero-order chi connectivity index (χ0) is 14.4. The van der Waals surface area contributed by atoms with Gasteiger partial charge in [0.2, 0.25) is 11.8 Å². The van der Waals surface area contributed by atoms with Crippen molar-refractivity contribution in [2.24, 2.45) is 11.8 Å². The molecule has 0 radical (unpaired) electrons. The fourth-order valence-electron chi connectivity index (χ4n) is 3.15. The number of hydrogen-bond donors (Lipinski definition) is 0. The van der Waals surface area contributed by atoms with E-state index in [-0.39, 0.29) is 33.3 Å². The van der Waals surface area contributed by atoms with Gasteiger partial charge < -0.3 is 0 Å². The Hall–Kier alpha value is -0.680. The summed E-state index contributed by atoms with van der Waals surface area (Å²) in [5.41, 5.74) is 1.69. The number of fused-ring (bicyclic) bond motifs is 1. The summed E-state index contributed by atoms with van der Waals surface area (Å²) in [6.45, 7) is 1.93. The monoisotopic (exact) mass is 399 g/mol. The molecular formula is C15H15Br2NO2. The van der Waals surface area contributed by atoms with E-state index in [4.69, 9.17) is 0 Å². The van der Waals surface area contributed by atoms with Crippen molar-refractivity contribution in [2.75, 3.05) is 4.90 Å². The predicted molar refractivity (Wildman–Crippen MR) is 85.3 cm³/mol. The Balaban J connectivity index is 1.97. The van der Waals surface area contributed by atoms with Crippen LogP contribution in [0, 0.1) is 18.8 Å². The maximum atomic E-state index is 12.6. The third-order valence-electron chi connectivity index (χ3n) is 4.27. The van der Waals surface area contributed by atoms with Gasteiger partial charge in [-0.25, -0.2) is 4.90 Å². The molecule has 2 aliphatic rings. The number of rotatable bonds is 1. The highest BCUT2D eigenvalue weighted by molar-refractivity contribution is 9.12. The van der Waals surface area contributed by atoms with Crippen LogP contribution in [0.3, 0.4) is 0 Å². The molecule has 2 fully saturated rings. The Morgan fingerprint density at radius 3 is 2.00 bits per heavy atom. The minimum Gasteiger partial charge on any atom is -0.274 e. The van der Waals surface area contributed by atoms with Crippen LogP contribution in [0.2, 0.25) is 0 Å². The molecule has 0 bridgehead atoms. The summed E-state index contributed by atoms with van der Waals surface area (Å²) in [6.07, 6.45) is 1.43. The number of nitrogens with zero attached hydrogens (tertiary/aromatic N) is 1. The molecule has 0 aromatic heterocycles. The van der Waals surface area contributed by atoms with Crippen LogP contribution in [0.1, 0.15) is 18.4 Å². The standard InChI is InChI=1S/C15H15Br2NO2/c1-8-4-2-3-5-13(8)18-14(19)9-6-11(16)12(17)7-10(9)15(18)20/h2-5,9-12H,6-7H2,1H3/t9-,10-,11+,12+/m1/s1. The van der Waals surface area contributed by atoms with Crippen LogP contribution in [-0.4, -0.2) is 21.5 Å². The zero-order valence-corrected chi connectivity index (χ0v) is 14.2. The van der Waals surface area contributed by atoms with E-state index >= 15 is 0 Å². The van der Waals surface area contributed by atoms with Crippen LogP contribution in [-0.2, 0) is 9.59 Å². The third kappa shape index (κ3) is 2.15. The lowest BCUT2D eigenvalue weighted by Crippen LogP contribution is -2.34. The van der Waals surface area contributed by atoms with Crippen molar-refractivity contribution < 1.29 is 9.59 Å². The average Bonchev–Trinajstić information content (AvgIpc) is 2.64. The summed E-state index contributed by atoms with van der Waals surface area (Å²) in [5.74, 6) is -0.447. The quantitative estimate of drug-likeness (QED) is 0.535. The van der Waals surface area contributed by atoms with Gasteiger partial charge in [-0.05, 0) is 31.4 Å². The molecule has 3 nitrogen and oxygen atoms in total. The maximum absolute atomic E-state index is 12.6. The summed E-state index contributed by atoms with van der Waals surface area (Å²) >= 11 is 7.20. The molecule has 3 rings (SSSR count). The summed E-state index contributed by atoms with van der Waals surface area (Å²) < 4.78 is 0. The number of para-hydroxylation sites is 1. The van der Waals surface area contributed by atoms with Gasteiger partial charge >= 0.3 is 0 Å². The molecule has 1 aliphatic heterocycles. The van der Waals surface area contributed by atoms with Gasteiger partial charge in [0, 0.05) is 9.65 Å². The molecular weight excluding hydrogens is 386 g/mol. The minimum atomic E-state index is -0.180. The van der Waals surface area contributed by atoms with E-state index in [1.165, 1.54) is 4.90 Å². The van der Waals surface area contributed by atoms with Crippen LogP contribution in [0.5, 0.6) is 0 Å². The molecule has 20 heavy (non-hydrogen) atoms. The van der Waals surface area contributed by atoms with Crippen molar-refractivity contribution in [3.63, 3.8) is 0 Å². The summed E-state index contributed by atoms with van der Waals surface area (Å²) in [4.78, 5) is 27.1. The number of amides is 2. The second kappa shape index (κ2) is 5.26. The first kappa shape index (κ1) is 14.3. The van der Waals surface area contributed by atoms with Gasteiger partial charge in [0.05, 0.1) is 17.5 Å². The molecule has 1 saturated heterocycles. The molecule has 1 saturated carbocycles. The molecule has 1 aromatic rings. The SMILES string of the molecule is Cc1ccccc1N1C(=O)[C@@H]2C[C@H](Br)[C@@H](Br)C[C@H]2C1=O. The molecule has 0 N–H and O–H groups in total. The highest BCUT2D eigenvalue weighted by Crippen LogP contribution is 2.44. The summed E-state index contributed by atoms with van der Waals surface area (Å²) in [5, 5.41) is 0. The van der Waals surface area contributed by atoms with Crippen molar-refractivity contribution in [2.45, 2.75) is 29.4 Å². The molecule has 0 spiro atoms. The molecule has 4 atom stereocenters. The second-order valence-electron chi connectivity index (χ2n) is 5.51. The van der Waals surface area contributed by atoms with Gasteiger partial charge in [-0.1, -0.05) is 50.1 Å². The van der Waals surface area contributed by atoms with Crippen molar-refractivity contribution in [1.29, 1.82) is 0 Å². The number of carbonyl (C=O) groups is 2. The van der Waals surface area contributed by atoms with Crippen LogP contribution in [0.25, 0.3) is 0 Å². The lowest BCUT2D eigenvalue weighted by Gasteiger charge is -2.29. The number of imide groups is 1. The zero-order valence-electron chi connectivity index (χ0n) is 11.1. The summed E-state index contributed by atoms with van der Waals surface area (Å²) in [7, 11) is 0. The van der Waals surface area contributed by atoms with Gasteiger partial charge in [-0.2, -0.15) is 0 Å². The Morgan fingerprint density at radius 1 is 1.00 bits per heavy atom. The van der Waals surface area contributed by atoms with E-state index in [9.17, 15) is 9.59 Å². The van der Waals surface area contributed by atoms with E-state index < -0.39 is 0 Å². The van der Waals surface area contributed by atoms with Crippen molar-refractivity contribution in [1.82, 2.24) is 0 Å². The largest absolute Gasteiger partial charge is 0.274 e. The van der Waals surface area contributed by atoms with Gasteiger partial charge in [0.15, 0.2) is 0 Å². The predicted octanol–water partition coefficient (Wildman–Crippen LogP) is 3.42. The lowest BCUT2D eigenvalue weighted by atomic mass is 9.81. The minimum absolute atomic E-state index is 0.0434. The van der Waals surface area contributed by atoms with Crippen LogP contribution >= 0.6 is 31.9 Å². The molecule has 2 amide bonds. The van der Waals surface area contributed by atoms with E-state index in [0.29, 0.717) is 12.8 Å². The molecule has 1 aliphatic carbocycles. The lowest BCUT2D eigenvalue weighted by molar-refractivity contribution is -0.122. The number of carbonyl (C=O) groups excluding carboxylic acids is 2. The van der Waals surface area contributed by atoms with E-state index in [1.54, 1.807) is 0 Å². The van der Waals surface area contributed by atoms with Crippen molar-refractivity contribution >= 4 is 49.4 Å². The molecule has 1 aromatic carbocycles. The smallest absolute Gasteiger partial charge is 0.237 e. The number of halogens is 2. The first-order chi connectivity index (χ1) is 9.50. The number of benzene rings is 1. The van der Waals surface area contributed by atoms with Crippen LogP contribution in [0.4, 0.5) is 5.69 Å². The van der Waals surface area contributed by atoms with E-state index in [2.05, 4.69) is 31.9 Å². The van der Waals surface area contributed by atoms with E-state index in [0.717, 1.165) is 11.3 Å². The van der Waals surface area contributed by atoms with Crippen molar-refractivity contribution in [3.05, 3.63) is 29.8 Å². The summed E-state index contributed by atoms with van der Waals surface area (Å²) in [6, 6.07) is 7.56. The second-order valence-corrected chi connectivity index (χ2v) is 7.87. The Morgan fingerprint density at radius 2 is 1.50 bits per heavy atom. The topological polar surface area (TPSA) is 37.4 Å². The molecule has 5 heteroatoms. The van der Waals surface area contributed by atoms with E-state index in [1.807, 2.05) is 31.2 Å². The molecule has 106 valence electrons. The fourth-order valence-corrected chi connectivity index (χ4v) is 4.38. The van der Waals surface area contributed by atoms with Gasteiger partial charge in [0.1, 0.15) is 0 Å². The van der Waals surface area contributed by atoms with Crippen molar-refractivity contribution in [3.8, 4) is 0 Å². The van der Waals surface area contributed by atoms with Crippen LogP contribution in [0.15, 0.2) is 24.3 Å². The number of anilines is 1. The van der Waals surface area contributed by atoms with Gasteiger partial charge in [-0.3, -0.25) is 9.59 Å². The number of hydrogen-bond acceptors (Lipinski definition) is 2. The first-order valence-electron chi connectivity index (χ1n) is 6.72. The third-order valence-corrected chi connectivity index (χ3v) is 7.00. The molecule has 0 unspecified atom stereocenters. The number of aryl methyl sites for hydroxylation is 1. The normalized spacial score (nSPS) is 33.5. The highest BCUT2D eigenvalue weighted by Gasteiger charge is 2.52. The van der Waals surface area contributed by atoms with Gasteiger partial charge in [0.25, 0.3) is 0 Å². The first-order valence-corrected chi connectivity index (χ1v) is 8.55. The average molecular weight is 401 g/mol. The molecule has 1 heterocycles. The van der Waals surface area contributed by atoms with Crippen LogP contribution < -0.4 is 4.90 Å². The van der Waals surface area contributed by atoms with Gasteiger partial charge in [-0.15, -0.1) is 0 Å². The fraction of sp³-hybridized carbons (Fsp3) is 0.467.